The maximum atomic E-state index is 12.7. The van der Waals surface area contributed by atoms with Crippen molar-refractivity contribution in [2.45, 2.75) is 13.8 Å². The minimum absolute atomic E-state index is 0.462. The Morgan fingerprint density at radius 3 is 1.50 bits per heavy atom. The van der Waals surface area contributed by atoms with Crippen LogP contribution < -0.4 is 10.6 Å². The summed E-state index contributed by atoms with van der Waals surface area (Å²) in [7, 11) is 0. The van der Waals surface area contributed by atoms with E-state index in [1.54, 1.807) is 26.2 Å². The number of rotatable bonds is 4. The Morgan fingerprint density at radius 2 is 1.13 bits per heavy atom. The Kier molecular flexibility index (Phi) is 5.17. The molecule has 7 nitrogen and oxygen atoms in total. The molecule has 30 heavy (non-hydrogen) atoms. The summed E-state index contributed by atoms with van der Waals surface area (Å²) in [5.41, 5.74) is 9.66. The summed E-state index contributed by atoms with van der Waals surface area (Å²) in [4.78, 5) is 31.8. The van der Waals surface area contributed by atoms with Crippen LogP contribution in [0.25, 0.3) is 22.5 Å². The minimum Gasteiger partial charge on any atom is -0.351 e. The van der Waals surface area contributed by atoms with E-state index in [4.69, 9.17) is 5.73 Å². The van der Waals surface area contributed by atoms with Gasteiger partial charge < -0.3 is 5.73 Å². The maximum absolute atomic E-state index is 12.7. The monoisotopic (exact) mass is 396 g/mol. The van der Waals surface area contributed by atoms with Gasteiger partial charge in [-0.25, -0.2) is 24.7 Å². The van der Waals surface area contributed by atoms with Crippen LogP contribution in [-0.2, 0) is 0 Å². The molecule has 148 valence electrons. The quantitative estimate of drug-likeness (QED) is 0.550. The van der Waals surface area contributed by atoms with Gasteiger partial charge in [-0.1, -0.05) is 60.7 Å². The molecule has 0 fully saturated rings. The van der Waals surface area contributed by atoms with E-state index in [2.05, 4.69) is 19.9 Å². The van der Waals surface area contributed by atoms with Crippen LogP contribution in [0.5, 0.6) is 0 Å². The van der Waals surface area contributed by atoms with E-state index in [9.17, 15) is 4.79 Å². The molecule has 2 aromatic heterocycles. The summed E-state index contributed by atoms with van der Waals surface area (Å²) in [6, 6.07) is 18.5. The highest BCUT2D eigenvalue weighted by atomic mass is 16.2. The summed E-state index contributed by atoms with van der Waals surface area (Å²) in [5, 5.41) is 0. The van der Waals surface area contributed by atoms with Crippen molar-refractivity contribution in [2.75, 3.05) is 4.90 Å². The fraction of sp³-hybridized carbons (Fsp3) is 0.0870. The van der Waals surface area contributed by atoms with E-state index in [0.29, 0.717) is 34.4 Å². The summed E-state index contributed by atoms with van der Waals surface area (Å²) in [6.07, 6.45) is 3.20. The number of hydrogen-bond acceptors (Lipinski definition) is 5. The smallest absolute Gasteiger partial charge is 0.324 e. The van der Waals surface area contributed by atoms with Crippen molar-refractivity contribution in [2.24, 2.45) is 5.73 Å². The van der Waals surface area contributed by atoms with Gasteiger partial charge >= 0.3 is 6.03 Å². The Bertz CT molecular complexity index is 1110. The molecule has 0 aliphatic heterocycles. The van der Waals surface area contributed by atoms with Crippen LogP contribution in [0.2, 0.25) is 0 Å². The van der Waals surface area contributed by atoms with Crippen molar-refractivity contribution < 1.29 is 4.79 Å². The number of nitrogens with zero attached hydrogens (tertiary/aromatic N) is 5. The highest BCUT2D eigenvalue weighted by molar-refractivity contribution is 6.04. The van der Waals surface area contributed by atoms with Crippen molar-refractivity contribution in [3.05, 3.63) is 84.7 Å². The normalized spacial score (nSPS) is 10.6. The first-order valence-corrected chi connectivity index (χ1v) is 9.42. The standard InChI is InChI=1S/C23H20N6O/c1-15-25-13-19(21(27-15)17-9-5-3-6-10-17)29(23(24)30)20-14-26-16(2)28-22(20)18-11-7-4-8-12-18/h3-14H,1-2H3,(H2,24,30). The van der Waals surface area contributed by atoms with Gasteiger partial charge in [0.15, 0.2) is 0 Å². The Labute approximate surface area is 174 Å². The molecule has 0 aliphatic carbocycles. The molecule has 0 saturated heterocycles. The van der Waals surface area contributed by atoms with E-state index >= 15 is 0 Å². The topological polar surface area (TPSA) is 97.9 Å². The molecule has 0 atom stereocenters. The lowest BCUT2D eigenvalue weighted by atomic mass is 10.1. The second-order valence-corrected chi connectivity index (χ2v) is 6.71. The third kappa shape index (κ3) is 3.73. The number of urea groups is 1. The average Bonchev–Trinajstić information content (AvgIpc) is 2.77. The number of hydrogen-bond donors (Lipinski definition) is 1. The molecule has 0 radical (unpaired) electrons. The zero-order chi connectivity index (χ0) is 21.1. The molecule has 4 rings (SSSR count). The van der Waals surface area contributed by atoms with Crippen LogP contribution >= 0.6 is 0 Å². The first kappa shape index (κ1) is 19.2. The van der Waals surface area contributed by atoms with Gasteiger partial charge in [0, 0.05) is 11.1 Å². The van der Waals surface area contributed by atoms with Crippen LogP contribution in [0.4, 0.5) is 16.2 Å². The first-order valence-electron chi connectivity index (χ1n) is 9.42. The number of primary amides is 1. The number of amides is 2. The van der Waals surface area contributed by atoms with E-state index in [1.807, 2.05) is 60.7 Å². The maximum Gasteiger partial charge on any atom is 0.324 e. The Morgan fingerprint density at radius 1 is 0.733 bits per heavy atom. The third-order valence-electron chi connectivity index (χ3n) is 4.58. The fourth-order valence-corrected chi connectivity index (χ4v) is 3.24. The second kappa shape index (κ2) is 8.08. The van der Waals surface area contributed by atoms with Gasteiger partial charge in [0.05, 0.1) is 35.2 Å². The molecule has 2 aromatic carbocycles. The fourth-order valence-electron chi connectivity index (χ4n) is 3.24. The minimum atomic E-state index is -0.677. The van der Waals surface area contributed by atoms with Gasteiger partial charge in [-0.05, 0) is 13.8 Å². The molecular weight excluding hydrogens is 376 g/mol. The van der Waals surface area contributed by atoms with Crippen LogP contribution in [0.1, 0.15) is 11.6 Å². The van der Waals surface area contributed by atoms with Crippen molar-refractivity contribution in [1.82, 2.24) is 19.9 Å². The van der Waals surface area contributed by atoms with Gasteiger partial charge in [-0.15, -0.1) is 0 Å². The number of nitrogens with two attached hydrogens (primary N) is 1. The Hall–Kier alpha value is -4.13. The number of aromatic nitrogens is 4. The van der Waals surface area contributed by atoms with E-state index < -0.39 is 6.03 Å². The Balaban J connectivity index is 1.96. The van der Waals surface area contributed by atoms with Crippen molar-refractivity contribution >= 4 is 17.4 Å². The van der Waals surface area contributed by atoms with Crippen LogP contribution in [0.15, 0.2) is 73.1 Å². The SMILES string of the molecule is Cc1ncc(N(C(N)=O)c2cnc(C)nc2-c2ccccc2)c(-c2ccccc2)n1. The lowest BCUT2D eigenvalue weighted by Gasteiger charge is -2.24. The van der Waals surface area contributed by atoms with Gasteiger partial charge in [0.2, 0.25) is 0 Å². The van der Waals surface area contributed by atoms with E-state index in [0.717, 1.165) is 11.1 Å². The summed E-state index contributed by atoms with van der Waals surface area (Å²) >= 11 is 0. The summed E-state index contributed by atoms with van der Waals surface area (Å²) in [6.45, 7) is 3.60. The molecule has 0 unspecified atom stereocenters. The van der Waals surface area contributed by atoms with Crippen LogP contribution in [0, 0.1) is 13.8 Å². The first-order chi connectivity index (χ1) is 14.5. The zero-order valence-electron chi connectivity index (χ0n) is 16.6. The molecule has 0 spiro atoms. The molecule has 2 amide bonds. The number of benzene rings is 2. The van der Waals surface area contributed by atoms with Crippen molar-refractivity contribution in [3.8, 4) is 22.5 Å². The van der Waals surface area contributed by atoms with E-state index in [1.165, 1.54) is 4.90 Å². The third-order valence-corrected chi connectivity index (χ3v) is 4.58. The van der Waals surface area contributed by atoms with E-state index in [-0.39, 0.29) is 0 Å². The molecule has 7 heteroatoms. The summed E-state index contributed by atoms with van der Waals surface area (Å²) in [5.74, 6) is 1.18. The molecular formula is C23H20N6O. The van der Waals surface area contributed by atoms with Gasteiger partial charge in [0.25, 0.3) is 0 Å². The second-order valence-electron chi connectivity index (χ2n) is 6.71. The molecule has 4 aromatic rings. The van der Waals surface area contributed by atoms with Crippen molar-refractivity contribution in [1.29, 1.82) is 0 Å². The molecule has 2 heterocycles. The lowest BCUT2D eigenvalue weighted by molar-refractivity contribution is 0.256. The molecule has 0 aliphatic rings. The number of carbonyl (C=O) groups excluding carboxylic acids is 1. The van der Waals surface area contributed by atoms with Gasteiger partial charge in [-0.2, -0.15) is 0 Å². The van der Waals surface area contributed by atoms with Crippen LogP contribution in [0.3, 0.4) is 0 Å². The van der Waals surface area contributed by atoms with Crippen molar-refractivity contribution in [3.63, 3.8) is 0 Å². The number of carbonyl (C=O) groups is 1. The van der Waals surface area contributed by atoms with Crippen LogP contribution in [-0.4, -0.2) is 26.0 Å². The molecule has 0 bridgehead atoms. The predicted octanol–water partition coefficient (Wildman–Crippen LogP) is 4.43. The summed E-state index contributed by atoms with van der Waals surface area (Å²) < 4.78 is 0. The predicted molar refractivity (Wildman–Crippen MR) is 116 cm³/mol. The average molecular weight is 396 g/mol. The highest BCUT2D eigenvalue weighted by Crippen LogP contribution is 2.37. The zero-order valence-corrected chi connectivity index (χ0v) is 16.6. The largest absolute Gasteiger partial charge is 0.351 e. The lowest BCUT2D eigenvalue weighted by Crippen LogP contribution is -2.33. The molecule has 2 N–H and O–H groups in total. The highest BCUT2D eigenvalue weighted by Gasteiger charge is 2.25. The number of anilines is 2. The number of aryl methyl sites for hydroxylation is 2. The van der Waals surface area contributed by atoms with Gasteiger partial charge in [0.1, 0.15) is 11.6 Å². The molecule has 0 saturated carbocycles. The van der Waals surface area contributed by atoms with Gasteiger partial charge in [-0.3, -0.25) is 4.90 Å².